The van der Waals surface area contributed by atoms with Crippen molar-refractivity contribution in [1.82, 2.24) is 4.48 Å². The Morgan fingerprint density at radius 3 is 2.46 bits per heavy atom. The maximum absolute atomic E-state index is 15.5. The van der Waals surface area contributed by atoms with Crippen LogP contribution in [0.3, 0.4) is 0 Å². The highest BCUT2D eigenvalue weighted by molar-refractivity contribution is 6.58. The molecule has 0 bridgehead atoms. The monoisotopic (exact) mass is 376 g/mol. The van der Waals surface area contributed by atoms with E-state index in [-0.39, 0.29) is 10.6 Å². The molecule has 2 aliphatic heterocycles. The number of aromatic nitrogens is 1. The first-order valence-electron chi connectivity index (χ1n) is 8.37. The number of aryl methyl sites for hydroxylation is 2. The molecule has 2 aliphatic rings. The molecule has 0 saturated carbocycles. The van der Waals surface area contributed by atoms with Crippen LogP contribution in [-0.4, -0.2) is 21.6 Å². The Bertz CT molecular complexity index is 1060. The molecule has 7 heteroatoms. The molecule has 2 nitrogen and oxygen atoms in total. The number of nitrogens with zero attached hydrogens (tertiary/aromatic N) is 2. The first-order chi connectivity index (χ1) is 12.2. The number of benzene rings is 1. The van der Waals surface area contributed by atoms with Gasteiger partial charge >= 0.3 is 6.97 Å². The zero-order valence-corrected chi connectivity index (χ0v) is 15.6. The fourth-order valence-corrected chi connectivity index (χ4v) is 4.53. The van der Waals surface area contributed by atoms with Crippen molar-refractivity contribution in [2.75, 3.05) is 0 Å². The Balaban J connectivity index is 2.24. The smallest absolute Gasteiger partial charge is 0.393 e. The van der Waals surface area contributed by atoms with Gasteiger partial charge in [0.05, 0.1) is 10.6 Å². The molecular formula is C19H17BClF3N2. The average molecular weight is 377 g/mol. The lowest BCUT2D eigenvalue weighted by molar-refractivity contribution is -0.363. The minimum absolute atomic E-state index is 0.158. The predicted molar refractivity (Wildman–Crippen MR) is 99.4 cm³/mol. The van der Waals surface area contributed by atoms with E-state index < -0.39 is 12.8 Å². The summed E-state index contributed by atoms with van der Waals surface area (Å²) in [5.74, 6) is -0.528. The summed E-state index contributed by atoms with van der Waals surface area (Å²) >= 11 is 6.32. The average Bonchev–Trinajstić information content (AvgIpc) is 2.99. The summed E-state index contributed by atoms with van der Waals surface area (Å²) in [6.07, 6.45) is 1.71. The SMILES string of the molecule is CC1=CC(C)=[N+]2C1=C(c1c(F)cccc1Cl)c1c(C)cc(C)n1[B-]2(F)F. The van der Waals surface area contributed by atoms with Crippen molar-refractivity contribution in [3.05, 3.63) is 75.0 Å². The normalized spacial score (nSPS) is 18.2. The lowest BCUT2D eigenvalue weighted by Gasteiger charge is -2.34. The third kappa shape index (κ3) is 2.05. The maximum atomic E-state index is 15.5. The van der Waals surface area contributed by atoms with Crippen LogP contribution in [0.25, 0.3) is 5.57 Å². The van der Waals surface area contributed by atoms with E-state index in [1.807, 2.05) is 0 Å². The second kappa shape index (κ2) is 5.40. The summed E-state index contributed by atoms with van der Waals surface area (Å²) in [6, 6.07) is 6.10. The van der Waals surface area contributed by atoms with E-state index in [0.29, 0.717) is 39.5 Å². The fourth-order valence-electron chi connectivity index (χ4n) is 4.27. The van der Waals surface area contributed by atoms with Crippen LogP contribution < -0.4 is 0 Å². The molecule has 0 unspecified atom stereocenters. The van der Waals surface area contributed by atoms with Gasteiger partial charge in [0.1, 0.15) is 11.5 Å². The number of allylic oxidation sites excluding steroid dienone is 2. The van der Waals surface area contributed by atoms with E-state index in [0.717, 1.165) is 8.96 Å². The van der Waals surface area contributed by atoms with Crippen molar-refractivity contribution in [3.63, 3.8) is 0 Å². The third-order valence-electron chi connectivity index (χ3n) is 5.15. The number of hydrogen-bond acceptors (Lipinski definition) is 0. The van der Waals surface area contributed by atoms with Crippen molar-refractivity contribution in [1.29, 1.82) is 0 Å². The summed E-state index contributed by atoms with van der Waals surface area (Å²) < 4.78 is 47.8. The Kier molecular flexibility index (Phi) is 3.57. The Morgan fingerprint density at radius 1 is 1.12 bits per heavy atom. The summed E-state index contributed by atoms with van der Waals surface area (Å²) in [7, 11) is 0. The van der Waals surface area contributed by atoms with E-state index in [1.54, 1.807) is 45.9 Å². The van der Waals surface area contributed by atoms with Gasteiger partial charge in [-0.05, 0) is 50.2 Å². The molecular weight excluding hydrogens is 359 g/mol. The molecule has 0 spiro atoms. The molecule has 0 atom stereocenters. The van der Waals surface area contributed by atoms with Gasteiger partial charge in [-0.3, -0.25) is 0 Å². The molecule has 134 valence electrons. The highest BCUT2D eigenvalue weighted by atomic mass is 35.5. The standard InChI is InChI=1S/C19H17BClF3N2/c1-10-8-12(3)25-18(10)17(16-14(21)6-5-7-15(16)22)19-11(2)9-13(4)26(19)20(25,23)24/h5-9H,1-4H3. The van der Waals surface area contributed by atoms with E-state index in [2.05, 4.69) is 0 Å². The molecule has 2 aromatic rings. The van der Waals surface area contributed by atoms with Gasteiger partial charge in [-0.15, -0.1) is 0 Å². The van der Waals surface area contributed by atoms with Gasteiger partial charge in [0.15, 0.2) is 5.70 Å². The molecule has 0 radical (unpaired) electrons. The molecule has 0 amide bonds. The van der Waals surface area contributed by atoms with E-state index in [4.69, 9.17) is 11.6 Å². The van der Waals surface area contributed by atoms with Crippen molar-refractivity contribution in [2.45, 2.75) is 27.7 Å². The minimum Gasteiger partial charge on any atom is -0.393 e. The van der Waals surface area contributed by atoms with E-state index in [1.165, 1.54) is 12.1 Å². The first kappa shape index (κ1) is 17.2. The van der Waals surface area contributed by atoms with Gasteiger partial charge in [0.2, 0.25) is 0 Å². The Morgan fingerprint density at radius 2 is 1.81 bits per heavy atom. The molecule has 1 aromatic carbocycles. The second-order valence-electron chi connectivity index (χ2n) is 6.93. The number of hydrogen-bond donors (Lipinski definition) is 0. The van der Waals surface area contributed by atoms with E-state index in [9.17, 15) is 4.39 Å². The molecule has 1 aromatic heterocycles. The van der Waals surface area contributed by atoms with Gasteiger partial charge in [-0.25, -0.2) is 4.39 Å². The zero-order valence-electron chi connectivity index (χ0n) is 14.9. The maximum Gasteiger partial charge on any atom is 0.737 e. The van der Waals surface area contributed by atoms with Crippen molar-refractivity contribution in [2.24, 2.45) is 0 Å². The number of rotatable bonds is 1. The summed E-state index contributed by atoms with van der Waals surface area (Å²) in [4.78, 5) is 0. The summed E-state index contributed by atoms with van der Waals surface area (Å²) in [5.41, 5.74) is 3.43. The Hall–Kier alpha value is -2.21. The van der Waals surface area contributed by atoms with Crippen LogP contribution in [0.1, 0.15) is 36.4 Å². The highest BCUT2D eigenvalue weighted by Gasteiger charge is 2.55. The zero-order chi connectivity index (χ0) is 19.0. The molecule has 0 aliphatic carbocycles. The predicted octanol–water partition coefficient (Wildman–Crippen LogP) is 5.33. The van der Waals surface area contributed by atoms with Crippen LogP contribution >= 0.6 is 11.6 Å². The summed E-state index contributed by atoms with van der Waals surface area (Å²) in [5, 5.41) is 0.201. The Labute approximate surface area is 155 Å². The van der Waals surface area contributed by atoms with Crippen LogP contribution in [0.5, 0.6) is 0 Å². The topological polar surface area (TPSA) is 7.94 Å². The minimum atomic E-state index is -4.08. The first-order valence-corrected chi connectivity index (χ1v) is 8.75. The van der Waals surface area contributed by atoms with Crippen molar-refractivity contribution >= 4 is 29.9 Å². The van der Waals surface area contributed by atoms with Crippen LogP contribution in [0.2, 0.25) is 5.02 Å². The van der Waals surface area contributed by atoms with Crippen LogP contribution in [0, 0.1) is 19.7 Å². The number of halogens is 4. The molecule has 26 heavy (non-hydrogen) atoms. The summed E-state index contributed by atoms with van der Waals surface area (Å²) in [6.45, 7) is 2.74. The largest absolute Gasteiger partial charge is 0.737 e. The van der Waals surface area contributed by atoms with Crippen LogP contribution in [0.15, 0.2) is 41.6 Å². The number of fused-ring (bicyclic) bond motifs is 2. The van der Waals surface area contributed by atoms with Crippen molar-refractivity contribution in [3.8, 4) is 0 Å². The van der Waals surface area contributed by atoms with Gasteiger partial charge in [0, 0.05) is 29.8 Å². The lowest BCUT2D eigenvalue weighted by atomic mass is 9.83. The lowest BCUT2D eigenvalue weighted by Crippen LogP contribution is -2.51. The molecule has 3 heterocycles. The van der Waals surface area contributed by atoms with Gasteiger partial charge < -0.3 is 17.6 Å². The highest BCUT2D eigenvalue weighted by Crippen LogP contribution is 2.46. The van der Waals surface area contributed by atoms with Crippen LogP contribution in [-0.2, 0) is 0 Å². The van der Waals surface area contributed by atoms with Gasteiger partial charge in [-0.2, -0.15) is 0 Å². The molecule has 4 rings (SSSR count). The molecule has 0 fully saturated rings. The third-order valence-corrected chi connectivity index (χ3v) is 5.46. The molecule has 0 N–H and O–H groups in total. The van der Waals surface area contributed by atoms with E-state index >= 15 is 8.63 Å². The molecule has 0 saturated heterocycles. The van der Waals surface area contributed by atoms with Gasteiger partial charge in [-0.1, -0.05) is 17.7 Å². The van der Waals surface area contributed by atoms with Crippen molar-refractivity contribution < 1.29 is 17.5 Å². The fraction of sp³-hybridized carbons (Fsp3) is 0.211. The van der Waals surface area contributed by atoms with Crippen LogP contribution in [0.4, 0.5) is 13.0 Å². The quantitative estimate of drug-likeness (QED) is 0.595. The van der Waals surface area contributed by atoms with Gasteiger partial charge in [0.25, 0.3) is 0 Å². The second-order valence-corrected chi connectivity index (χ2v) is 7.34.